The van der Waals surface area contributed by atoms with Crippen LogP contribution < -0.4 is 10.7 Å². The molecule has 5 heteroatoms. The van der Waals surface area contributed by atoms with Crippen LogP contribution in [0.15, 0.2) is 0 Å². The molecular formula is C9H19N3O2. The van der Waals surface area contributed by atoms with E-state index in [1.165, 1.54) is 5.01 Å². The molecule has 0 radical (unpaired) electrons. The molecular weight excluding hydrogens is 182 g/mol. The van der Waals surface area contributed by atoms with Gasteiger partial charge in [-0.25, -0.2) is 15.2 Å². The summed E-state index contributed by atoms with van der Waals surface area (Å²) < 4.78 is 5.23. The first-order valence-electron chi connectivity index (χ1n) is 4.94. The largest absolute Gasteiger partial charge is 0.443 e. The standard InChI is InChI=1S/C9H19N3O2/c1-9(2,3)14-8(13)12-7-6-10-4-5-11-12/h10-11H,4-7H2,1-3H3. The number of hydrogen-bond acceptors (Lipinski definition) is 4. The highest BCUT2D eigenvalue weighted by Crippen LogP contribution is 2.08. The highest BCUT2D eigenvalue weighted by atomic mass is 16.6. The molecule has 2 N–H and O–H groups in total. The zero-order chi connectivity index (χ0) is 10.6. The van der Waals surface area contributed by atoms with Crippen LogP contribution in [0.3, 0.4) is 0 Å². The minimum atomic E-state index is -0.432. The highest BCUT2D eigenvalue weighted by Gasteiger charge is 2.22. The molecule has 14 heavy (non-hydrogen) atoms. The summed E-state index contributed by atoms with van der Waals surface area (Å²) in [4.78, 5) is 11.6. The Kier molecular flexibility index (Phi) is 3.71. The van der Waals surface area contributed by atoms with Crippen LogP contribution in [-0.4, -0.2) is 42.9 Å². The number of nitrogens with zero attached hydrogens (tertiary/aromatic N) is 1. The van der Waals surface area contributed by atoms with Crippen molar-refractivity contribution in [2.45, 2.75) is 26.4 Å². The molecule has 0 aromatic rings. The van der Waals surface area contributed by atoms with Crippen LogP contribution in [0.5, 0.6) is 0 Å². The van der Waals surface area contributed by atoms with Gasteiger partial charge < -0.3 is 10.1 Å². The molecule has 0 saturated carbocycles. The van der Waals surface area contributed by atoms with E-state index in [2.05, 4.69) is 10.7 Å². The molecule has 0 unspecified atom stereocenters. The molecule has 1 amide bonds. The lowest BCUT2D eigenvalue weighted by atomic mass is 10.2. The molecule has 0 aromatic heterocycles. The van der Waals surface area contributed by atoms with E-state index in [9.17, 15) is 4.79 Å². The van der Waals surface area contributed by atoms with E-state index < -0.39 is 5.60 Å². The molecule has 1 fully saturated rings. The zero-order valence-corrected chi connectivity index (χ0v) is 9.09. The van der Waals surface area contributed by atoms with Crippen molar-refractivity contribution < 1.29 is 9.53 Å². The minimum Gasteiger partial charge on any atom is -0.443 e. The highest BCUT2D eigenvalue weighted by molar-refractivity contribution is 5.67. The second kappa shape index (κ2) is 4.61. The molecule has 1 aliphatic rings. The summed E-state index contributed by atoms with van der Waals surface area (Å²) in [5, 5.41) is 4.70. The van der Waals surface area contributed by atoms with Crippen molar-refractivity contribution in [2.24, 2.45) is 0 Å². The molecule has 1 rings (SSSR count). The van der Waals surface area contributed by atoms with Crippen molar-refractivity contribution in [3.05, 3.63) is 0 Å². The second-order valence-electron chi connectivity index (χ2n) is 4.29. The van der Waals surface area contributed by atoms with Gasteiger partial charge in [-0.05, 0) is 20.8 Å². The van der Waals surface area contributed by atoms with Gasteiger partial charge in [0.1, 0.15) is 5.60 Å². The van der Waals surface area contributed by atoms with Crippen molar-refractivity contribution >= 4 is 6.09 Å². The SMILES string of the molecule is CC(C)(C)OC(=O)N1CCNCCN1. The second-order valence-corrected chi connectivity index (χ2v) is 4.29. The number of hydrogen-bond donors (Lipinski definition) is 2. The predicted octanol–water partition coefficient (Wildman–Crippen LogP) is 0.331. The molecule has 0 aromatic carbocycles. The number of carbonyl (C=O) groups excluding carboxylic acids is 1. The Labute approximate surface area is 84.8 Å². The fraction of sp³-hybridized carbons (Fsp3) is 0.889. The van der Waals surface area contributed by atoms with Gasteiger partial charge in [-0.2, -0.15) is 0 Å². The first kappa shape index (κ1) is 11.3. The van der Waals surface area contributed by atoms with Crippen LogP contribution >= 0.6 is 0 Å². The fourth-order valence-electron chi connectivity index (χ4n) is 1.15. The van der Waals surface area contributed by atoms with E-state index in [-0.39, 0.29) is 6.09 Å². The summed E-state index contributed by atoms with van der Waals surface area (Å²) >= 11 is 0. The topological polar surface area (TPSA) is 53.6 Å². The van der Waals surface area contributed by atoms with E-state index in [1.807, 2.05) is 20.8 Å². The van der Waals surface area contributed by atoms with Gasteiger partial charge in [0, 0.05) is 19.6 Å². The van der Waals surface area contributed by atoms with Crippen molar-refractivity contribution in [2.75, 3.05) is 26.2 Å². The summed E-state index contributed by atoms with van der Waals surface area (Å²) in [6.45, 7) is 8.64. The average Bonchev–Trinajstić information content (AvgIpc) is 2.27. The monoisotopic (exact) mass is 201 g/mol. The molecule has 82 valence electrons. The van der Waals surface area contributed by atoms with Gasteiger partial charge in [0.2, 0.25) is 0 Å². The van der Waals surface area contributed by atoms with Gasteiger partial charge in [0.25, 0.3) is 0 Å². The zero-order valence-electron chi connectivity index (χ0n) is 9.09. The number of amides is 1. The number of ether oxygens (including phenoxy) is 1. The Hall–Kier alpha value is -0.810. The van der Waals surface area contributed by atoms with Crippen LogP contribution in [0.2, 0.25) is 0 Å². The van der Waals surface area contributed by atoms with Gasteiger partial charge in [0.15, 0.2) is 0 Å². The summed E-state index contributed by atoms with van der Waals surface area (Å²) in [6.07, 6.45) is -0.304. The summed E-state index contributed by atoms with van der Waals surface area (Å²) in [7, 11) is 0. The van der Waals surface area contributed by atoms with Gasteiger partial charge in [-0.3, -0.25) is 0 Å². The Balaban J connectivity index is 2.42. The lowest BCUT2D eigenvalue weighted by molar-refractivity contribution is 0.0160. The lowest BCUT2D eigenvalue weighted by Crippen LogP contribution is -2.46. The third kappa shape index (κ3) is 3.93. The molecule has 0 aliphatic carbocycles. The van der Waals surface area contributed by atoms with Gasteiger partial charge in [0.05, 0.1) is 6.54 Å². The smallest absolute Gasteiger partial charge is 0.424 e. The average molecular weight is 201 g/mol. The Morgan fingerprint density at radius 2 is 2.00 bits per heavy atom. The third-order valence-corrected chi connectivity index (χ3v) is 1.73. The molecule has 0 atom stereocenters. The Bertz CT molecular complexity index is 193. The number of hydrazine groups is 1. The van der Waals surface area contributed by atoms with Crippen LogP contribution in [0, 0.1) is 0 Å². The maximum atomic E-state index is 11.6. The molecule has 0 bridgehead atoms. The van der Waals surface area contributed by atoms with E-state index in [0.29, 0.717) is 6.54 Å². The van der Waals surface area contributed by atoms with E-state index in [4.69, 9.17) is 4.74 Å². The van der Waals surface area contributed by atoms with Crippen molar-refractivity contribution in [1.82, 2.24) is 15.8 Å². The summed E-state index contributed by atoms with van der Waals surface area (Å²) in [5.41, 5.74) is 2.57. The lowest BCUT2D eigenvalue weighted by Gasteiger charge is -2.26. The van der Waals surface area contributed by atoms with Crippen LogP contribution in [0.1, 0.15) is 20.8 Å². The molecule has 1 saturated heterocycles. The summed E-state index contributed by atoms with van der Waals surface area (Å²) in [6, 6.07) is 0. The molecule has 5 nitrogen and oxygen atoms in total. The first-order valence-corrected chi connectivity index (χ1v) is 4.94. The quantitative estimate of drug-likeness (QED) is 0.593. The van der Waals surface area contributed by atoms with E-state index in [0.717, 1.165) is 19.6 Å². The van der Waals surface area contributed by atoms with Crippen LogP contribution in [0.4, 0.5) is 4.79 Å². The molecule has 0 spiro atoms. The van der Waals surface area contributed by atoms with Crippen molar-refractivity contribution in [3.8, 4) is 0 Å². The maximum absolute atomic E-state index is 11.6. The van der Waals surface area contributed by atoms with Gasteiger partial charge in [-0.15, -0.1) is 0 Å². The molecule has 1 heterocycles. The van der Waals surface area contributed by atoms with E-state index >= 15 is 0 Å². The fourth-order valence-corrected chi connectivity index (χ4v) is 1.15. The third-order valence-electron chi connectivity index (χ3n) is 1.73. The summed E-state index contributed by atoms with van der Waals surface area (Å²) in [5.74, 6) is 0. The first-order chi connectivity index (χ1) is 6.49. The molecule has 1 aliphatic heterocycles. The van der Waals surface area contributed by atoms with Crippen LogP contribution in [-0.2, 0) is 4.74 Å². The van der Waals surface area contributed by atoms with Crippen molar-refractivity contribution in [3.63, 3.8) is 0 Å². The predicted molar refractivity (Wildman–Crippen MR) is 53.8 cm³/mol. The van der Waals surface area contributed by atoms with Crippen molar-refractivity contribution in [1.29, 1.82) is 0 Å². The normalized spacial score (nSPS) is 18.9. The van der Waals surface area contributed by atoms with Gasteiger partial charge in [-0.1, -0.05) is 0 Å². The number of carbonyl (C=O) groups is 1. The van der Waals surface area contributed by atoms with E-state index in [1.54, 1.807) is 0 Å². The Morgan fingerprint density at radius 1 is 1.29 bits per heavy atom. The maximum Gasteiger partial charge on any atom is 0.424 e. The number of rotatable bonds is 0. The number of nitrogens with one attached hydrogen (secondary N) is 2. The van der Waals surface area contributed by atoms with Crippen LogP contribution in [0.25, 0.3) is 0 Å². The minimum absolute atomic E-state index is 0.304. The van der Waals surface area contributed by atoms with Gasteiger partial charge >= 0.3 is 6.09 Å². The Morgan fingerprint density at radius 3 is 2.64 bits per heavy atom.